The number of halogens is 1. The van der Waals surface area contributed by atoms with Gasteiger partial charge in [0, 0.05) is 12.1 Å². The summed E-state index contributed by atoms with van der Waals surface area (Å²) < 4.78 is 0. The topological polar surface area (TPSA) is 21.3 Å². The molecule has 0 spiro atoms. The van der Waals surface area contributed by atoms with E-state index in [0.29, 0.717) is 13.2 Å². The van der Waals surface area contributed by atoms with Crippen LogP contribution in [0, 0.1) is 0 Å². The van der Waals surface area contributed by atoms with Gasteiger partial charge in [0.1, 0.15) is 0 Å². The van der Waals surface area contributed by atoms with Crippen LogP contribution in [-0.4, -0.2) is 6.54 Å². The van der Waals surface area contributed by atoms with Crippen molar-refractivity contribution in [1.29, 1.82) is 0 Å². The first-order chi connectivity index (χ1) is 6.43. The smallest absolute Gasteiger partial charge is 0.0933 e. The lowest BCUT2D eigenvalue weighted by Crippen LogP contribution is -2.13. The molecule has 13 heavy (non-hydrogen) atoms. The highest BCUT2D eigenvalue weighted by Gasteiger charge is 1.89. The molecule has 0 aromatic heterocycles. The number of rotatable bonds is 5. The Kier molecular flexibility index (Phi) is 5.25. The summed E-state index contributed by atoms with van der Waals surface area (Å²) in [5.41, 5.74) is 5.36. The van der Waals surface area contributed by atoms with Gasteiger partial charge in [-0.05, 0) is 5.56 Å². The van der Waals surface area contributed by atoms with Gasteiger partial charge in [0.05, 0.1) is 6.61 Å². The van der Waals surface area contributed by atoms with Crippen LogP contribution in [0.15, 0.2) is 41.9 Å². The van der Waals surface area contributed by atoms with Crippen molar-refractivity contribution in [2.24, 2.45) is 0 Å². The number of hydrogen-bond acceptors (Lipinski definition) is 2. The van der Waals surface area contributed by atoms with Gasteiger partial charge in [-0.2, -0.15) is 5.48 Å². The molecule has 1 aromatic carbocycles. The van der Waals surface area contributed by atoms with Crippen molar-refractivity contribution in [2.75, 3.05) is 6.54 Å². The minimum atomic E-state index is 0.566. The molecule has 1 aromatic rings. The predicted molar refractivity (Wildman–Crippen MR) is 54.2 cm³/mol. The van der Waals surface area contributed by atoms with E-state index in [-0.39, 0.29) is 0 Å². The zero-order valence-corrected chi connectivity index (χ0v) is 8.00. The summed E-state index contributed by atoms with van der Waals surface area (Å²) in [6.07, 6.45) is 1.77. The molecule has 0 atom stereocenters. The third kappa shape index (κ3) is 4.68. The molecule has 3 heteroatoms. The van der Waals surface area contributed by atoms with E-state index < -0.39 is 0 Å². The molecule has 0 radical (unpaired) electrons. The third-order valence-corrected chi connectivity index (χ3v) is 1.65. The quantitative estimate of drug-likeness (QED) is 0.579. The van der Waals surface area contributed by atoms with Gasteiger partial charge in [-0.1, -0.05) is 48.0 Å². The van der Waals surface area contributed by atoms with E-state index in [2.05, 4.69) is 5.48 Å². The molecule has 1 N–H and O–H groups in total. The Hall–Kier alpha value is -0.830. The van der Waals surface area contributed by atoms with Crippen molar-refractivity contribution in [3.63, 3.8) is 0 Å². The molecular weight excluding hydrogens is 186 g/mol. The van der Waals surface area contributed by atoms with E-state index in [4.69, 9.17) is 16.4 Å². The van der Waals surface area contributed by atoms with E-state index in [1.54, 1.807) is 6.08 Å². The lowest BCUT2D eigenvalue weighted by Gasteiger charge is -2.02. The van der Waals surface area contributed by atoms with Crippen molar-refractivity contribution >= 4 is 11.6 Å². The van der Waals surface area contributed by atoms with Crippen LogP contribution in [-0.2, 0) is 11.4 Å². The predicted octanol–water partition coefficient (Wildman–Crippen LogP) is 2.46. The molecule has 0 bridgehead atoms. The summed E-state index contributed by atoms with van der Waals surface area (Å²) in [5.74, 6) is 0. The van der Waals surface area contributed by atoms with E-state index in [9.17, 15) is 0 Å². The van der Waals surface area contributed by atoms with Crippen LogP contribution >= 0.6 is 11.6 Å². The van der Waals surface area contributed by atoms with Crippen molar-refractivity contribution < 1.29 is 4.84 Å². The molecule has 0 heterocycles. The minimum absolute atomic E-state index is 0.566. The number of hydrogen-bond donors (Lipinski definition) is 1. The Balaban J connectivity index is 2.13. The normalized spacial score (nSPS) is 10.8. The van der Waals surface area contributed by atoms with Gasteiger partial charge in [0.25, 0.3) is 0 Å². The highest BCUT2D eigenvalue weighted by molar-refractivity contribution is 6.25. The minimum Gasteiger partial charge on any atom is -0.297 e. The maximum Gasteiger partial charge on any atom is 0.0933 e. The van der Waals surface area contributed by atoms with Crippen LogP contribution in [0.3, 0.4) is 0 Å². The van der Waals surface area contributed by atoms with E-state index in [1.807, 2.05) is 30.3 Å². The molecule has 0 aliphatic carbocycles. The second-order valence-corrected chi connectivity index (χ2v) is 2.74. The van der Waals surface area contributed by atoms with Gasteiger partial charge in [-0.15, -0.1) is 0 Å². The van der Waals surface area contributed by atoms with E-state index in [0.717, 1.165) is 5.56 Å². The lowest BCUT2D eigenvalue weighted by atomic mass is 10.2. The highest BCUT2D eigenvalue weighted by Crippen LogP contribution is 1.98. The molecule has 0 saturated heterocycles. The van der Waals surface area contributed by atoms with Crippen LogP contribution in [0.5, 0.6) is 0 Å². The summed E-state index contributed by atoms with van der Waals surface area (Å²) >= 11 is 5.32. The van der Waals surface area contributed by atoms with Gasteiger partial charge in [0.15, 0.2) is 0 Å². The van der Waals surface area contributed by atoms with Crippen LogP contribution in [0.4, 0.5) is 0 Å². The maximum atomic E-state index is 5.32. The van der Waals surface area contributed by atoms with Crippen LogP contribution in [0.2, 0.25) is 0 Å². The SMILES string of the molecule is ClC=CCNOCc1ccccc1. The average molecular weight is 198 g/mol. The molecule has 0 amide bonds. The molecular formula is C10H12ClNO. The van der Waals surface area contributed by atoms with Gasteiger partial charge in [-0.25, -0.2) is 0 Å². The van der Waals surface area contributed by atoms with E-state index >= 15 is 0 Å². The Morgan fingerprint density at radius 2 is 2.08 bits per heavy atom. The van der Waals surface area contributed by atoms with E-state index in [1.165, 1.54) is 5.54 Å². The van der Waals surface area contributed by atoms with Gasteiger partial charge in [-0.3, -0.25) is 4.84 Å². The van der Waals surface area contributed by atoms with Crippen molar-refractivity contribution in [2.45, 2.75) is 6.61 Å². The zero-order chi connectivity index (χ0) is 9.36. The first-order valence-corrected chi connectivity index (χ1v) is 4.51. The summed E-state index contributed by atoms with van der Waals surface area (Å²) in [6, 6.07) is 9.97. The zero-order valence-electron chi connectivity index (χ0n) is 7.24. The second kappa shape index (κ2) is 6.66. The Morgan fingerprint density at radius 1 is 1.31 bits per heavy atom. The summed E-state index contributed by atoms with van der Waals surface area (Å²) in [4.78, 5) is 5.16. The van der Waals surface area contributed by atoms with Crippen LogP contribution < -0.4 is 5.48 Å². The average Bonchev–Trinajstić information content (AvgIpc) is 2.19. The molecule has 0 aliphatic heterocycles. The summed E-state index contributed by atoms with van der Waals surface area (Å²) in [5, 5.41) is 0. The molecule has 0 unspecified atom stereocenters. The first kappa shape index (κ1) is 10.3. The fourth-order valence-corrected chi connectivity index (χ4v) is 0.949. The van der Waals surface area contributed by atoms with Gasteiger partial charge < -0.3 is 0 Å². The number of hydroxylamine groups is 1. The molecule has 0 saturated carbocycles. The molecule has 0 fully saturated rings. The number of nitrogens with one attached hydrogen (secondary N) is 1. The lowest BCUT2D eigenvalue weighted by molar-refractivity contribution is 0.0352. The fraction of sp³-hybridized carbons (Fsp3) is 0.200. The summed E-state index contributed by atoms with van der Waals surface area (Å²) in [7, 11) is 0. The summed E-state index contributed by atoms with van der Waals surface area (Å²) in [6.45, 7) is 1.19. The van der Waals surface area contributed by atoms with Gasteiger partial charge >= 0.3 is 0 Å². The van der Waals surface area contributed by atoms with Crippen LogP contribution in [0.25, 0.3) is 0 Å². The standard InChI is InChI=1S/C10H12ClNO/c11-7-4-8-12-13-9-10-5-2-1-3-6-10/h1-7,12H,8-9H2. The monoisotopic (exact) mass is 197 g/mol. The van der Waals surface area contributed by atoms with Crippen molar-refractivity contribution in [1.82, 2.24) is 5.48 Å². The van der Waals surface area contributed by atoms with Crippen molar-refractivity contribution in [3.8, 4) is 0 Å². The van der Waals surface area contributed by atoms with Gasteiger partial charge in [0.2, 0.25) is 0 Å². The Labute approximate surface area is 83.1 Å². The molecule has 70 valence electrons. The maximum absolute atomic E-state index is 5.32. The molecule has 0 aliphatic rings. The first-order valence-electron chi connectivity index (χ1n) is 4.07. The number of benzene rings is 1. The third-order valence-electron chi connectivity index (χ3n) is 1.47. The molecule has 1 rings (SSSR count). The Bertz CT molecular complexity index is 248. The molecule has 2 nitrogen and oxygen atoms in total. The largest absolute Gasteiger partial charge is 0.297 e. The Morgan fingerprint density at radius 3 is 2.77 bits per heavy atom. The highest BCUT2D eigenvalue weighted by atomic mass is 35.5. The van der Waals surface area contributed by atoms with Crippen molar-refractivity contribution in [3.05, 3.63) is 47.5 Å². The van der Waals surface area contributed by atoms with Crippen LogP contribution in [0.1, 0.15) is 5.56 Å². The second-order valence-electron chi connectivity index (χ2n) is 2.48. The fourth-order valence-electron chi connectivity index (χ4n) is 0.860.